The molecule has 0 aliphatic heterocycles. The Kier molecular flexibility index (Phi) is 4.03. The van der Waals surface area contributed by atoms with Gasteiger partial charge in [0.2, 0.25) is 0 Å². The summed E-state index contributed by atoms with van der Waals surface area (Å²) in [6.45, 7) is 2.00. The van der Waals surface area contributed by atoms with Gasteiger partial charge in [0.15, 0.2) is 0 Å². The van der Waals surface area contributed by atoms with Crippen LogP contribution in [0.2, 0.25) is 5.02 Å². The van der Waals surface area contributed by atoms with Crippen molar-refractivity contribution in [2.75, 3.05) is 11.9 Å². The number of benzene rings is 1. The van der Waals surface area contributed by atoms with Gasteiger partial charge in [0, 0.05) is 21.2 Å². The maximum absolute atomic E-state index is 8.83. The van der Waals surface area contributed by atoms with Crippen LogP contribution in [-0.4, -0.2) is 17.8 Å². The average molecular weight is 265 g/mol. The Labute approximate surface area is 91.0 Å². The highest BCUT2D eigenvalue weighted by molar-refractivity contribution is 9.10. The number of nitrogens with one attached hydrogen (secondary N) is 1. The van der Waals surface area contributed by atoms with E-state index in [1.54, 1.807) is 0 Å². The first kappa shape index (κ1) is 10.8. The monoisotopic (exact) mass is 263 g/mol. The Morgan fingerprint density at radius 1 is 1.54 bits per heavy atom. The summed E-state index contributed by atoms with van der Waals surface area (Å²) in [7, 11) is 0. The van der Waals surface area contributed by atoms with E-state index in [-0.39, 0.29) is 12.6 Å². The van der Waals surface area contributed by atoms with Crippen LogP contribution in [0.1, 0.15) is 6.92 Å². The van der Waals surface area contributed by atoms with E-state index < -0.39 is 0 Å². The van der Waals surface area contributed by atoms with Gasteiger partial charge in [-0.05, 0) is 25.1 Å². The van der Waals surface area contributed by atoms with Gasteiger partial charge in [0.05, 0.1) is 6.61 Å². The largest absolute Gasteiger partial charge is 0.394 e. The maximum Gasteiger partial charge on any atom is 0.0630 e. The third-order valence-corrected chi connectivity index (χ3v) is 2.23. The molecule has 0 radical (unpaired) electrons. The van der Waals surface area contributed by atoms with Crippen LogP contribution < -0.4 is 5.32 Å². The molecule has 0 fully saturated rings. The van der Waals surface area contributed by atoms with E-state index in [0.717, 1.165) is 10.2 Å². The Hall–Kier alpha value is -0.250. The van der Waals surface area contributed by atoms with Crippen molar-refractivity contribution in [3.05, 3.63) is 27.7 Å². The van der Waals surface area contributed by atoms with Gasteiger partial charge in [0.25, 0.3) is 0 Å². The van der Waals surface area contributed by atoms with Crippen LogP contribution in [0.3, 0.4) is 0 Å². The van der Waals surface area contributed by atoms with Crippen molar-refractivity contribution in [1.29, 1.82) is 0 Å². The molecule has 0 heterocycles. The number of hydrogen-bond acceptors (Lipinski definition) is 2. The summed E-state index contributed by atoms with van der Waals surface area (Å²) in [5.74, 6) is 0. The number of anilines is 1. The Bertz CT molecular complexity index is 273. The smallest absolute Gasteiger partial charge is 0.0630 e. The minimum absolute atomic E-state index is 0.0327. The Morgan fingerprint density at radius 3 is 2.77 bits per heavy atom. The highest BCUT2D eigenvalue weighted by Crippen LogP contribution is 2.23. The molecule has 0 bridgehead atoms. The van der Waals surface area contributed by atoms with E-state index in [0.29, 0.717) is 5.02 Å². The maximum atomic E-state index is 8.83. The fourth-order valence-electron chi connectivity index (χ4n) is 0.967. The van der Waals surface area contributed by atoms with Gasteiger partial charge < -0.3 is 10.4 Å². The Morgan fingerprint density at radius 2 is 2.23 bits per heavy atom. The second-order valence-electron chi connectivity index (χ2n) is 2.89. The van der Waals surface area contributed by atoms with Crippen molar-refractivity contribution in [1.82, 2.24) is 0 Å². The molecule has 1 rings (SSSR count). The molecule has 1 unspecified atom stereocenters. The van der Waals surface area contributed by atoms with Crippen LogP contribution in [0.4, 0.5) is 5.69 Å². The fourth-order valence-corrected chi connectivity index (χ4v) is 1.83. The number of aliphatic hydroxyl groups excluding tert-OH is 1. The third kappa shape index (κ3) is 3.55. The molecule has 2 N–H and O–H groups in total. The zero-order valence-electron chi connectivity index (χ0n) is 7.22. The molecule has 1 aromatic rings. The predicted octanol–water partition coefficient (Wildman–Crippen LogP) is 2.90. The predicted molar refractivity (Wildman–Crippen MR) is 59.3 cm³/mol. The zero-order chi connectivity index (χ0) is 9.84. The first-order chi connectivity index (χ1) is 6.11. The van der Waals surface area contributed by atoms with Crippen LogP contribution in [-0.2, 0) is 0 Å². The molecule has 1 atom stereocenters. The van der Waals surface area contributed by atoms with E-state index in [4.69, 9.17) is 16.7 Å². The minimum Gasteiger partial charge on any atom is -0.394 e. The minimum atomic E-state index is 0.0327. The summed E-state index contributed by atoms with van der Waals surface area (Å²) in [6, 6.07) is 5.58. The fraction of sp³-hybridized carbons (Fsp3) is 0.333. The molecule has 72 valence electrons. The average Bonchev–Trinajstić information content (AvgIpc) is 2.02. The number of aliphatic hydroxyl groups is 1. The second-order valence-corrected chi connectivity index (χ2v) is 4.24. The SMILES string of the molecule is CC(CO)Nc1cc(Cl)cc(Br)c1. The third-order valence-electron chi connectivity index (χ3n) is 1.55. The summed E-state index contributed by atoms with van der Waals surface area (Å²) in [5, 5.41) is 12.6. The van der Waals surface area contributed by atoms with Crippen LogP contribution >= 0.6 is 27.5 Å². The number of hydrogen-bond donors (Lipinski definition) is 2. The lowest BCUT2D eigenvalue weighted by Gasteiger charge is -2.12. The highest BCUT2D eigenvalue weighted by Gasteiger charge is 2.01. The van der Waals surface area contributed by atoms with Crippen molar-refractivity contribution >= 4 is 33.2 Å². The molecule has 4 heteroatoms. The molecule has 0 aliphatic carbocycles. The second kappa shape index (κ2) is 4.84. The molecular weight excluding hydrogens is 253 g/mol. The van der Waals surface area contributed by atoms with Gasteiger partial charge in [-0.1, -0.05) is 27.5 Å². The summed E-state index contributed by atoms with van der Waals surface area (Å²) in [5.41, 5.74) is 0.904. The lowest BCUT2D eigenvalue weighted by molar-refractivity contribution is 0.281. The molecule has 1 aromatic carbocycles. The van der Waals surface area contributed by atoms with Crippen molar-refractivity contribution < 1.29 is 5.11 Å². The van der Waals surface area contributed by atoms with Gasteiger partial charge in [-0.15, -0.1) is 0 Å². The van der Waals surface area contributed by atoms with Crippen LogP contribution in [0.15, 0.2) is 22.7 Å². The van der Waals surface area contributed by atoms with Gasteiger partial charge in [-0.3, -0.25) is 0 Å². The zero-order valence-corrected chi connectivity index (χ0v) is 9.56. The summed E-state index contributed by atoms with van der Waals surface area (Å²) < 4.78 is 0.924. The first-order valence-electron chi connectivity index (χ1n) is 3.95. The van der Waals surface area contributed by atoms with Crippen LogP contribution in [0.5, 0.6) is 0 Å². The standard InChI is InChI=1S/C9H11BrClNO/c1-6(5-13)12-9-3-7(10)2-8(11)4-9/h2-4,6,12-13H,5H2,1H3. The lowest BCUT2D eigenvalue weighted by atomic mass is 10.3. The van der Waals surface area contributed by atoms with E-state index in [1.165, 1.54) is 0 Å². The molecule has 0 aliphatic rings. The number of halogens is 2. The molecule has 2 nitrogen and oxygen atoms in total. The van der Waals surface area contributed by atoms with Crippen LogP contribution in [0, 0.1) is 0 Å². The quantitative estimate of drug-likeness (QED) is 0.880. The van der Waals surface area contributed by atoms with E-state index in [2.05, 4.69) is 21.2 Å². The molecule has 0 saturated heterocycles. The number of rotatable bonds is 3. The normalized spacial score (nSPS) is 12.6. The van der Waals surface area contributed by atoms with Gasteiger partial charge >= 0.3 is 0 Å². The van der Waals surface area contributed by atoms with Crippen molar-refractivity contribution in [3.8, 4) is 0 Å². The van der Waals surface area contributed by atoms with Gasteiger partial charge in [-0.2, -0.15) is 0 Å². The van der Waals surface area contributed by atoms with Gasteiger partial charge in [0.1, 0.15) is 0 Å². The van der Waals surface area contributed by atoms with Crippen molar-refractivity contribution in [3.63, 3.8) is 0 Å². The van der Waals surface area contributed by atoms with Crippen molar-refractivity contribution in [2.45, 2.75) is 13.0 Å². The topological polar surface area (TPSA) is 32.3 Å². The Balaban J connectivity index is 2.77. The summed E-state index contributed by atoms with van der Waals surface area (Å²) >= 11 is 9.18. The molecule has 13 heavy (non-hydrogen) atoms. The molecule has 0 spiro atoms. The van der Waals surface area contributed by atoms with Crippen LogP contribution in [0.25, 0.3) is 0 Å². The summed E-state index contributed by atoms with van der Waals surface area (Å²) in [6.07, 6.45) is 0. The van der Waals surface area contributed by atoms with Crippen molar-refractivity contribution in [2.24, 2.45) is 0 Å². The lowest BCUT2D eigenvalue weighted by Crippen LogP contribution is -2.19. The van der Waals surface area contributed by atoms with E-state index in [1.807, 2.05) is 25.1 Å². The molecule has 0 saturated carbocycles. The summed E-state index contributed by atoms with van der Waals surface area (Å²) in [4.78, 5) is 0. The molecule has 0 amide bonds. The van der Waals surface area contributed by atoms with E-state index >= 15 is 0 Å². The molecule has 0 aromatic heterocycles. The van der Waals surface area contributed by atoms with Gasteiger partial charge in [-0.25, -0.2) is 0 Å². The van der Waals surface area contributed by atoms with E-state index in [9.17, 15) is 0 Å². The first-order valence-corrected chi connectivity index (χ1v) is 5.12. The molecular formula is C9H11BrClNO. The highest BCUT2D eigenvalue weighted by atomic mass is 79.9.